The smallest absolute Gasteiger partial charge is 0.254 e. The van der Waals surface area contributed by atoms with Crippen molar-refractivity contribution in [3.8, 4) is 0 Å². The van der Waals surface area contributed by atoms with Gasteiger partial charge in [-0.25, -0.2) is 0 Å². The van der Waals surface area contributed by atoms with Gasteiger partial charge in [0.1, 0.15) is 0 Å². The van der Waals surface area contributed by atoms with Crippen molar-refractivity contribution in [1.29, 1.82) is 0 Å². The van der Waals surface area contributed by atoms with E-state index in [2.05, 4.69) is 13.8 Å². The van der Waals surface area contributed by atoms with E-state index < -0.39 is 0 Å². The average molecular weight is 226 g/mol. The fraction of sp³-hybridized carbons (Fsp3) is 0.417. The van der Waals surface area contributed by atoms with Gasteiger partial charge in [-0.1, -0.05) is 31.5 Å². The van der Waals surface area contributed by atoms with Crippen molar-refractivity contribution in [1.82, 2.24) is 4.90 Å². The number of benzene rings is 1. The van der Waals surface area contributed by atoms with E-state index >= 15 is 0 Å². The van der Waals surface area contributed by atoms with Crippen LogP contribution in [-0.2, 0) is 0 Å². The molecule has 3 heteroatoms. The van der Waals surface area contributed by atoms with E-state index in [1.165, 1.54) is 4.90 Å². The monoisotopic (exact) mass is 225 g/mol. The van der Waals surface area contributed by atoms with Gasteiger partial charge in [-0.15, -0.1) is 0 Å². The predicted molar refractivity (Wildman–Crippen MR) is 63.6 cm³/mol. The minimum Gasteiger partial charge on any atom is -0.345 e. The predicted octanol–water partition coefficient (Wildman–Crippen LogP) is 3.17. The second-order valence-electron chi connectivity index (χ2n) is 4.09. The van der Waals surface area contributed by atoms with E-state index in [0.717, 1.165) is 5.56 Å². The molecule has 82 valence electrons. The summed E-state index contributed by atoms with van der Waals surface area (Å²) >= 11 is 6.06. The molecule has 0 aliphatic carbocycles. The molecule has 0 aliphatic rings. The molecule has 2 nitrogen and oxygen atoms in total. The Morgan fingerprint density at radius 3 is 2.33 bits per heavy atom. The van der Waals surface area contributed by atoms with E-state index in [4.69, 9.17) is 11.6 Å². The largest absolute Gasteiger partial charge is 0.345 e. The summed E-state index contributed by atoms with van der Waals surface area (Å²) in [7, 11) is 3.43. The Kier molecular flexibility index (Phi) is 3.75. The Balaban J connectivity index is 3.08. The highest BCUT2D eigenvalue weighted by atomic mass is 35.5. The minimum absolute atomic E-state index is 0.0599. The first-order valence-corrected chi connectivity index (χ1v) is 5.32. The quantitative estimate of drug-likeness (QED) is 0.757. The molecule has 15 heavy (non-hydrogen) atoms. The number of hydrogen-bond donors (Lipinski definition) is 0. The number of halogens is 1. The average Bonchev–Trinajstić information content (AvgIpc) is 2.16. The van der Waals surface area contributed by atoms with Gasteiger partial charge in [0.25, 0.3) is 5.91 Å². The third kappa shape index (κ3) is 2.72. The van der Waals surface area contributed by atoms with Crippen LogP contribution in [0.4, 0.5) is 0 Å². The highest BCUT2D eigenvalue weighted by Gasteiger charge is 2.13. The molecule has 0 saturated carbocycles. The summed E-state index contributed by atoms with van der Waals surface area (Å²) < 4.78 is 0. The zero-order valence-electron chi connectivity index (χ0n) is 9.54. The van der Waals surface area contributed by atoms with E-state index in [1.807, 2.05) is 12.1 Å². The van der Waals surface area contributed by atoms with E-state index in [9.17, 15) is 4.79 Å². The third-order valence-corrected chi connectivity index (χ3v) is 2.61. The van der Waals surface area contributed by atoms with Crippen LogP contribution >= 0.6 is 11.6 Å². The van der Waals surface area contributed by atoms with E-state index in [1.54, 1.807) is 20.2 Å². The summed E-state index contributed by atoms with van der Waals surface area (Å²) in [6.07, 6.45) is 0. The lowest BCUT2D eigenvalue weighted by Gasteiger charge is -2.13. The van der Waals surface area contributed by atoms with Gasteiger partial charge in [-0.05, 0) is 23.6 Å². The van der Waals surface area contributed by atoms with Crippen molar-refractivity contribution in [3.63, 3.8) is 0 Å². The van der Waals surface area contributed by atoms with Crippen molar-refractivity contribution >= 4 is 17.5 Å². The van der Waals surface area contributed by atoms with Gasteiger partial charge >= 0.3 is 0 Å². The zero-order chi connectivity index (χ0) is 11.6. The molecule has 0 aromatic heterocycles. The fourth-order valence-electron chi connectivity index (χ4n) is 1.30. The van der Waals surface area contributed by atoms with Crippen LogP contribution in [0.1, 0.15) is 35.7 Å². The highest BCUT2D eigenvalue weighted by Crippen LogP contribution is 2.23. The van der Waals surface area contributed by atoms with Crippen LogP contribution in [-0.4, -0.2) is 24.9 Å². The first-order valence-electron chi connectivity index (χ1n) is 4.94. The Morgan fingerprint density at radius 1 is 1.33 bits per heavy atom. The lowest BCUT2D eigenvalue weighted by molar-refractivity contribution is 0.0828. The van der Waals surface area contributed by atoms with Crippen LogP contribution < -0.4 is 0 Å². The maximum absolute atomic E-state index is 11.7. The number of carbonyl (C=O) groups excluding carboxylic acids is 1. The SMILES string of the molecule is CC(C)c1ccc(C(=O)N(C)C)c(Cl)c1. The lowest BCUT2D eigenvalue weighted by Crippen LogP contribution is -2.22. The van der Waals surface area contributed by atoms with Gasteiger partial charge < -0.3 is 4.90 Å². The van der Waals surface area contributed by atoms with E-state index in [0.29, 0.717) is 16.5 Å². The Labute approximate surface area is 95.8 Å². The number of rotatable bonds is 2. The second kappa shape index (κ2) is 4.67. The molecule has 0 fully saturated rings. The van der Waals surface area contributed by atoms with Crippen LogP contribution in [0, 0.1) is 0 Å². The maximum Gasteiger partial charge on any atom is 0.254 e. The summed E-state index contributed by atoms with van der Waals surface area (Å²) in [6.45, 7) is 4.19. The number of amides is 1. The molecule has 0 radical (unpaired) electrons. The summed E-state index contributed by atoms with van der Waals surface area (Å²) in [5.74, 6) is 0.362. The first kappa shape index (κ1) is 12.1. The molecule has 1 amide bonds. The van der Waals surface area contributed by atoms with Gasteiger partial charge in [0.15, 0.2) is 0 Å². The van der Waals surface area contributed by atoms with Gasteiger partial charge in [0.2, 0.25) is 0 Å². The van der Waals surface area contributed by atoms with Crippen LogP contribution in [0.15, 0.2) is 18.2 Å². The van der Waals surface area contributed by atoms with Crippen LogP contribution in [0.25, 0.3) is 0 Å². The van der Waals surface area contributed by atoms with Crippen molar-refractivity contribution < 1.29 is 4.79 Å². The second-order valence-corrected chi connectivity index (χ2v) is 4.50. The van der Waals surface area contributed by atoms with Crippen LogP contribution in [0.3, 0.4) is 0 Å². The standard InChI is InChI=1S/C12H16ClNO/c1-8(2)9-5-6-10(11(13)7-9)12(15)14(3)4/h5-8H,1-4H3. The topological polar surface area (TPSA) is 20.3 Å². The van der Waals surface area contributed by atoms with Gasteiger partial charge in [0, 0.05) is 14.1 Å². The highest BCUT2D eigenvalue weighted by molar-refractivity contribution is 6.33. The van der Waals surface area contributed by atoms with Crippen molar-refractivity contribution in [2.75, 3.05) is 14.1 Å². The molecular formula is C12H16ClNO. The van der Waals surface area contributed by atoms with Crippen LogP contribution in [0.2, 0.25) is 5.02 Å². The molecule has 0 atom stereocenters. The number of hydrogen-bond acceptors (Lipinski definition) is 1. The molecule has 0 heterocycles. The van der Waals surface area contributed by atoms with Gasteiger partial charge in [-0.2, -0.15) is 0 Å². The number of carbonyl (C=O) groups is 1. The molecule has 0 N–H and O–H groups in total. The van der Waals surface area contributed by atoms with E-state index in [-0.39, 0.29) is 5.91 Å². The summed E-state index contributed by atoms with van der Waals surface area (Å²) in [6, 6.07) is 5.61. The fourth-order valence-corrected chi connectivity index (χ4v) is 1.57. The van der Waals surface area contributed by atoms with Crippen molar-refractivity contribution in [2.24, 2.45) is 0 Å². The summed E-state index contributed by atoms with van der Waals surface area (Å²) in [5.41, 5.74) is 1.71. The van der Waals surface area contributed by atoms with Crippen molar-refractivity contribution in [3.05, 3.63) is 34.3 Å². The minimum atomic E-state index is -0.0599. The molecule has 1 aromatic rings. The Bertz CT molecular complexity index is 372. The molecule has 0 aliphatic heterocycles. The third-order valence-electron chi connectivity index (χ3n) is 2.30. The van der Waals surface area contributed by atoms with Crippen LogP contribution in [0.5, 0.6) is 0 Å². The summed E-state index contributed by atoms with van der Waals surface area (Å²) in [5, 5.41) is 0.528. The Morgan fingerprint density at radius 2 is 1.93 bits per heavy atom. The molecule has 0 unspecified atom stereocenters. The molecule has 0 bridgehead atoms. The first-order chi connectivity index (χ1) is 6.93. The Hall–Kier alpha value is -1.02. The zero-order valence-corrected chi connectivity index (χ0v) is 10.3. The number of nitrogens with zero attached hydrogens (tertiary/aromatic N) is 1. The molecule has 0 saturated heterocycles. The van der Waals surface area contributed by atoms with Gasteiger partial charge in [0.05, 0.1) is 10.6 Å². The maximum atomic E-state index is 11.7. The molecule has 1 aromatic carbocycles. The molecule has 0 spiro atoms. The van der Waals surface area contributed by atoms with Gasteiger partial charge in [-0.3, -0.25) is 4.79 Å². The molecule has 1 rings (SSSR count). The normalized spacial score (nSPS) is 10.5. The molecular weight excluding hydrogens is 210 g/mol. The lowest BCUT2D eigenvalue weighted by atomic mass is 10.0. The van der Waals surface area contributed by atoms with Crippen molar-refractivity contribution in [2.45, 2.75) is 19.8 Å². The summed E-state index contributed by atoms with van der Waals surface area (Å²) in [4.78, 5) is 13.2.